The van der Waals surface area contributed by atoms with Gasteiger partial charge in [0.2, 0.25) is 0 Å². The number of rotatable bonds is 5. The SMILES string of the molecule is Cc1ccc(Cc2nc(SCc3ccccc3Cl)nc(N)c2C#N)cc1. The first-order chi connectivity index (χ1) is 12.6. The van der Waals surface area contributed by atoms with E-state index in [1.165, 1.54) is 17.3 Å². The topological polar surface area (TPSA) is 75.6 Å². The van der Waals surface area contributed by atoms with Crippen LogP contribution in [0.3, 0.4) is 0 Å². The fourth-order valence-electron chi connectivity index (χ4n) is 2.47. The standard InChI is InChI=1S/C20H17ClN4S/c1-13-6-8-14(9-7-13)10-18-16(11-22)19(23)25-20(24-18)26-12-15-4-2-3-5-17(15)21/h2-9H,10,12H2,1H3,(H2,23,24,25). The third-order valence-corrected chi connectivity index (χ3v) is 5.17. The molecule has 0 unspecified atom stereocenters. The Morgan fingerprint density at radius 2 is 1.85 bits per heavy atom. The van der Waals surface area contributed by atoms with Crippen molar-refractivity contribution in [3.8, 4) is 6.07 Å². The van der Waals surface area contributed by atoms with Crippen LogP contribution in [0.25, 0.3) is 0 Å². The Balaban J connectivity index is 1.85. The van der Waals surface area contributed by atoms with Crippen LogP contribution in [0.5, 0.6) is 0 Å². The highest BCUT2D eigenvalue weighted by molar-refractivity contribution is 7.98. The summed E-state index contributed by atoms with van der Waals surface area (Å²) in [6.45, 7) is 2.04. The number of nitrogen functional groups attached to an aromatic ring is 1. The number of nitriles is 1. The zero-order valence-corrected chi connectivity index (χ0v) is 15.8. The van der Waals surface area contributed by atoms with Crippen LogP contribution < -0.4 is 5.73 Å². The average Bonchev–Trinajstić information content (AvgIpc) is 2.63. The largest absolute Gasteiger partial charge is 0.382 e. The molecule has 0 radical (unpaired) electrons. The lowest BCUT2D eigenvalue weighted by atomic mass is 10.0. The summed E-state index contributed by atoms with van der Waals surface area (Å²) in [6.07, 6.45) is 0.537. The molecule has 6 heteroatoms. The van der Waals surface area contributed by atoms with E-state index in [2.05, 4.69) is 16.0 Å². The van der Waals surface area contributed by atoms with E-state index >= 15 is 0 Å². The molecule has 1 heterocycles. The number of aromatic nitrogens is 2. The first-order valence-corrected chi connectivity index (χ1v) is 9.41. The van der Waals surface area contributed by atoms with Crippen molar-refractivity contribution in [2.75, 3.05) is 5.73 Å². The molecular weight excluding hydrogens is 364 g/mol. The second-order valence-electron chi connectivity index (χ2n) is 5.87. The predicted octanol–water partition coefficient (Wildman–Crippen LogP) is 4.78. The Bertz CT molecular complexity index is 965. The van der Waals surface area contributed by atoms with Gasteiger partial charge in [-0.1, -0.05) is 71.4 Å². The third-order valence-electron chi connectivity index (χ3n) is 3.91. The van der Waals surface area contributed by atoms with Crippen molar-refractivity contribution in [1.82, 2.24) is 9.97 Å². The second-order valence-corrected chi connectivity index (χ2v) is 7.22. The van der Waals surface area contributed by atoms with Gasteiger partial charge in [0, 0.05) is 17.2 Å². The summed E-state index contributed by atoms with van der Waals surface area (Å²) in [6, 6.07) is 17.9. The first kappa shape index (κ1) is 18.2. The van der Waals surface area contributed by atoms with Gasteiger partial charge in [0.25, 0.3) is 0 Å². The predicted molar refractivity (Wildman–Crippen MR) is 106 cm³/mol. The van der Waals surface area contributed by atoms with Crippen LogP contribution in [0.1, 0.15) is 27.9 Å². The Hall–Kier alpha value is -2.55. The zero-order valence-electron chi connectivity index (χ0n) is 14.2. The maximum Gasteiger partial charge on any atom is 0.190 e. The van der Waals surface area contributed by atoms with Crippen molar-refractivity contribution < 1.29 is 0 Å². The van der Waals surface area contributed by atoms with Crippen LogP contribution in [-0.4, -0.2) is 9.97 Å². The molecule has 3 rings (SSSR count). The van der Waals surface area contributed by atoms with Gasteiger partial charge < -0.3 is 5.73 Å². The minimum atomic E-state index is 0.214. The van der Waals surface area contributed by atoms with E-state index in [4.69, 9.17) is 17.3 Å². The normalized spacial score (nSPS) is 10.5. The lowest BCUT2D eigenvalue weighted by molar-refractivity contribution is 0.901. The molecule has 0 saturated carbocycles. The highest BCUT2D eigenvalue weighted by Crippen LogP contribution is 2.27. The number of hydrogen-bond acceptors (Lipinski definition) is 5. The summed E-state index contributed by atoms with van der Waals surface area (Å²) >= 11 is 7.65. The molecule has 0 saturated heterocycles. The smallest absolute Gasteiger partial charge is 0.190 e. The van der Waals surface area contributed by atoms with E-state index in [0.29, 0.717) is 33.6 Å². The monoisotopic (exact) mass is 380 g/mol. The molecule has 1 aromatic heterocycles. The van der Waals surface area contributed by atoms with Crippen LogP contribution >= 0.6 is 23.4 Å². The van der Waals surface area contributed by atoms with Gasteiger partial charge in [-0.05, 0) is 24.1 Å². The van der Waals surface area contributed by atoms with Gasteiger partial charge in [0.15, 0.2) is 5.16 Å². The Kier molecular flexibility index (Phi) is 5.77. The summed E-state index contributed by atoms with van der Waals surface area (Å²) in [5.74, 6) is 0.848. The fraction of sp³-hybridized carbons (Fsp3) is 0.150. The van der Waals surface area contributed by atoms with Crippen molar-refractivity contribution >= 4 is 29.2 Å². The van der Waals surface area contributed by atoms with Crippen LogP contribution in [-0.2, 0) is 12.2 Å². The minimum absolute atomic E-state index is 0.214. The van der Waals surface area contributed by atoms with Gasteiger partial charge in [-0.15, -0.1) is 0 Å². The zero-order chi connectivity index (χ0) is 18.5. The molecule has 0 aliphatic carbocycles. The summed E-state index contributed by atoms with van der Waals surface area (Å²) < 4.78 is 0. The molecule has 0 fully saturated rings. The molecule has 0 amide bonds. The molecule has 0 atom stereocenters. The van der Waals surface area contributed by atoms with Gasteiger partial charge >= 0.3 is 0 Å². The summed E-state index contributed by atoms with van der Waals surface area (Å²) in [7, 11) is 0. The lowest BCUT2D eigenvalue weighted by Crippen LogP contribution is -2.06. The molecular formula is C20H17ClN4S. The maximum atomic E-state index is 9.42. The van der Waals surface area contributed by atoms with Gasteiger partial charge in [-0.25, -0.2) is 9.97 Å². The van der Waals surface area contributed by atoms with E-state index in [1.54, 1.807) is 0 Å². The molecule has 130 valence electrons. The maximum absolute atomic E-state index is 9.42. The molecule has 2 N–H and O–H groups in total. The van der Waals surface area contributed by atoms with Crippen molar-refractivity contribution in [3.63, 3.8) is 0 Å². The highest BCUT2D eigenvalue weighted by Gasteiger charge is 2.14. The molecule has 3 aromatic rings. The number of benzene rings is 2. The van der Waals surface area contributed by atoms with E-state index in [9.17, 15) is 5.26 Å². The van der Waals surface area contributed by atoms with Gasteiger partial charge in [0.1, 0.15) is 17.5 Å². The van der Waals surface area contributed by atoms with E-state index in [0.717, 1.165) is 11.1 Å². The summed E-state index contributed by atoms with van der Waals surface area (Å²) in [5.41, 5.74) is 10.2. The number of halogens is 1. The second kappa shape index (κ2) is 8.22. The number of nitrogens with two attached hydrogens (primary N) is 1. The van der Waals surface area contributed by atoms with Gasteiger partial charge in [0.05, 0.1) is 5.69 Å². The third kappa shape index (κ3) is 4.34. The number of nitrogens with zero attached hydrogens (tertiary/aromatic N) is 3. The number of aryl methyl sites for hydroxylation is 1. The van der Waals surface area contributed by atoms with Crippen LogP contribution in [0.15, 0.2) is 53.7 Å². The summed E-state index contributed by atoms with van der Waals surface area (Å²) in [5, 5.41) is 10.7. The quantitative estimate of drug-likeness (QED) is 0.509. The highest BCUT2D eigenvalue weighted by atomic mass is 35.5. The van der Waals surface area contributed by atoms with E-state index in [1.807, 2.05) is 55.5 Å². The molecule has 4 nitrogen and oxygen atoms in total. The number of hydrogen-bond donors (Lipinski definition) is 1. The van der Waals surface area contributed by atoms with Crippen LogP contribution in [0, 0.1) is 18.3 Å². The fourth-order valence-corrected chi connectivity index (χ4v) is 3.63. The average molecular weight is 381 g/mol. The van der Waals surface area contributed by atoms with Gasteiger partial charge in [-0.2, -0.15) is 5.26 Å². The molecule has 0 aliphatic rings. The first-order valence-electron chi connectivity index (χ1n) is 8.05. The van der Waals surface area contributed by atoms with Crippen molar-refractivity contribution in [1.29, 1.82) is 5.26 Å². The minimum Gasteiger partial charge on any atom is -0.382 e. The van der Waals surface area contributed by atoms with Crippen molar-refractivity contribution in [3.05, 3.63) is 81.5 Å². The van der Waals surface area contributed by atoms with Crippen LogP contribution in [0.4, 0.5) is 5.82 Å². The number of thioether (sulfide) groups is 1. The Morgan fingerprint density at radius 3 is 2.54 bits per heavy atom. The van der Waals surface area contributed by atoms with Crippen LogP contribution in [0.2, 0.25) is 5.02 Å². The Morgan fingerprint density at radius 1 is 1.12 bits per heavy atom. The molecule has 2 aromatic carbocycles. The van der Waals surface area contributed by atoms with Crippen molar-refractivity contribution in [2.24, 2.45) is 0 Å². The molecule has 0 bridgehead atoms. The molecule has 0 aliphatic heterocycles. The van der Waals surface area contributed by atoms with Crippen molar-refractivity contribution in [2.45, 2.75) is 24.3 Å². The lowest BCUT2D eigenvalue weighted by Gasteiger charge is -2.09. The Labute approximate surface area is 162 Å². The number of anilines is 1. The summed E-state index contributed by atoms with van der Waals surface area (Å²) in [4.78, 5) is 8.84. The molecule has 26 heavy (non-hydrogen) atoms. The van der Waals surface area contributed by atoms with E-state index in [-0.39, 0.29) is 5.82 Å². The molecule has 0 spiro atoms. The van der Waals surface area contributed by atoms with Gasteiger partial charge in [-0.3, -0.25) is 0 Å². The van der Waals surface area contributed by atoms with E-state index < -0.39 is 0 Å².